The van der Waals surface area contributed by atoms with Crippen LogP contribution in [0.2, 0.25) is 0 Å². The van der Waals surface area contributed by atoms with Gasteiger partial charge in [0, 0.05) is 5.41 Å². The summed E-state index contributed by atoms with van der Waals surface area (Å²) in [5, 5.41) is 11.1. The van der Waals surface area contributed by atoms with Crippen LogP contribution in [0.5, 0.6) is 5.75 Å². The van der Waals surface area contributed by atoms with Gasteiger partial charge in [-0.05, 0) is 29.3 Å². The van der Waals surface area contributed by atoms with Crippen molar-refractivity contribution in [1.82, 2.24) is 0 Å². The molecule has 1 nitrogen and oxygen atoms in total. The lowest BCUT2D eigenvalue weighted by molar-refractivity contribution is 0.354. The number of rotatable bonds is 2. The van der Waals surface area contributed by atoms with Crippen molar-refractivity contribution in [2.75, 3.05) is 0 Å². The quantitative estimate of drug-likeness (QED) is 0.715. The van der Waals surface area contributed by atoms with Crippen LogP contribution in [-0.4, -0.2) is 0 Å². The lowest BCUT2D eigenvalue weighted by Gasteiger charge is -2.25. The Balaban J connectivity index is 2.43. The molecule has 0 saturated heterocycles. The van der Waals surface area contributed by atoms with Crippen LogP contribution < -0.4 is 0 Å². The average molecular weight is 210 g/mol. The summed E-state index contributed by atoms with van der Waals surface area (Å²) in [5.74, 6) is 0.0564. The van der Waals surface area contributed by atoms with Gasteiger partial charge in [0.05, 0.1) is 0 Å². The molecule has 2 radical (unpaired) electrons. The first kappa shape index (κ1) is 10.7. The van der Waals surface area contributed by atoms with Gasteiger partial charge in [0.15, 0.2) is 5.75 Å². The first-order chi connectivity index (χ1) is 7.60. The number of hydrogen-bond acceptors (Lipinski definition) is 0. The van der Waals surface area contributed by atoms with Crippen LogP contribution in [0, 0.1) is 6.07 Å². The fourth-order valence-corrected chi connectivity index (χ4v) is 1.84. The van der Waals surface area contributed by atoms with Crippen LogP contribution in [0.4, 0.5) is 0 Å². The van der Waals surface area contributed by atoms with Gasteiger partial charge in [-0.3, -0.25) is 5.11 Å². The van der Waals surface area contributed by atoms with E-state index >= 15 is 0 Å². The molecule has 0 aliphatic rings. The SMILES string of the molecule is CC(C)(c1cc[c]cc1)c1ccc([O])cc1. The zero-order valence-corrected chi connectivity index (χ0v) is 9.53. The highest BCUT2D eigenvalue weighted by atomic mass is 16.3. The molecule has 0 heterocycles. The summed E-state index contributed by atoms with van der Waals surface area (Å²) >= 11 is 0. The molecule has 1 heteroatoms. The van der Waals surface area contributed by atoms with Crippen molar-refractivity contribution in [3.8, 4) is 5.75 Å². The third kappa shape index (κ3) is 1.94. The molecule has 0 atom stereocenters. The maximum Gasteiger partial charge on any atom is 0.178 e. The Labute approximate surface area is 96.4 Å². The van der Waals surface area contributed by atoms with Crippen molar-refractivity contribution in [2.45, 2.75) is 19.3 Å². The molecule has 0 spiro atoms. The third-order valence-corrected chi connectivity index (χ3v) is 3.02. The largest absolute Gasteiger partial charge is 0.290 e. The maximum atomic E-state index is 11.1. The van der Waals surface area contributed by atoms with E-state index in [9.17, 15) is 5.11 Å². The molecule has 80 valence electrons. The molecule has 0 aromatic heterocycles. The van der Waals surface area contributed by atoms with E-state index in [1.165, 1.54) is 5.56 Å². The highest BCUT2D eigenvalue weighted by Gasteiger charge is 2.22. The molecule has 2 aromatic carbocycles. The predicted molar refractivity (Wildman–Crippen MR) is 64.0 cm³/mol. The van der Waals surface area contributed by atoms with Crippen LogP contribution in [0.1, 0.15) is 25.0 Å². The fourth-order valence-electron chi connectivity index (χ4n) is 1.84. The Kier molecular flexibility index (Phi) is 2.69. The zero-order chi connectivity index (χ0) is 11.6. The van der Waals surface area contributed by atoms with E-state index in [2.05, 4.69) is 32.0 Å². The summed E-state index contributed by atoms with van der Waals surface area (Å²) in [5.41, 5.74) is 2.30. The van der Waals surface area contributed by atoms with E-state index in [1.54, 1.807) is 12.1 Å². The molecule has 16 heavy (non-hydrogen) atoms. The highest BCUT2D eigenvalue weighted by molar-refractivity contribution is 5.39. The van der Waals surface area contributed by atoms with Crippen molar-refractivity contribution in [1.29, 1.82) is 0 Å². The monoisotopic (exact) mass is 210 g/mol. The fraction of sp³-hybridized carbons (Fsp3) is 0.200. The van der Waals surface area contributed by atoms with Crippen molar-refractivity contribution in [2.24, 2.45) is 0 Å². The van der Waals surface area contributed by atoms with Crippen molar-refractivity contribution < 1.29 is 5.11 Å². The Bertz CT molecular complexity index is 455. The molecular formula is C15H14O. The van der Waals surface area contributed by atoms with Crippen LogP contribution in [-0.2, 0) is 10.5 Å². The van der Waals surface area contributed by atoms with Gasteiger partial charge in [-0.15, -0.1) is 0 Å². The summed E-state index contributed by atoms with van der Waals surface area (Å²) in [6.07, 6.45) is 0. The van der Waals surface area contributed by atoms with E-state index in [-0.39, 0.29) is 11.2 Å². The summed E-state index contributed by atoms with van der Waals surface area (Å²) in [4.78, 5) is 0. The van der Waals surface area contributed by atoms with Crippen molar-refractivity contribution >= 4 is 0 Å². The second kappa shape index (κ2) is 4.01. The van der Waals surface area contributed by atoms with Gasteiger partial charge in [-0.2, -0.15) is 0 Å². The summed E-state index contributed by atoms with van der Waals surface area (Å²) in [6, 6.07) is 18.0. The molecule has 2 rings (SSSR count). The van der Waals surface area contributed by atoms with Gasteiger partial charge in [0.25, 0.3) is 0 Å². The van der Waals surface area contributed by atoms with E-state index in [0.29, 0.717) is 0 Å². The maximum absolute atomic E-state index is 11.1. The lowest BCUT2D eigenvalue weighted by Crippen LogP contribution is -2.18. The first-order valence-electron chi connectivity index (χ1n) is 5.35. The molecule has 0 aliphatic carbocycles. The molecule has 2 aromatic rings. The van der Waals surface area contributed by atoms with Gasteiger partial charge in [0.1, 0.15) is 0 Å². The Morgan fingerprint density at radius 3 is 1.94 bits per heavy atom. The Morgan fingerprint density at radius 1 is 0.875 bits per heavy atom. The molecule has 0 unspecified atom stereocenters. The highest BCUT2D eigenvalue weighted by Crippen LogP contribution is 2.31. The second-order valence-electron chi connectivity index (χ2n) is 4.44. The van der Waals surface area contributed by atoms with Gasteiger partial charge >= 0.3 is 0 Å². The molecule has 0 amide bonds. The van der Waals surface area contributed by atoms with E-state index in [4.69, 9.17) is 0 Å². The van der Waals surface area contributed by atoms with Crippen LogP contribution >= 0.6 is 0 Å². The van der Waals surface area contributed by atoms with Gasteiger partial charge in [-0.25, -0.2) is 0 Å². The normalized spacial score (nSPS) is 11.4. The minimum absolute atomic E-state index is 0.0564. The topological polar surface area (TPSA) is 19.9 Å². The Morgan fingerprint density at radius 2 is 1.38 bits per heavy atom. The average Bonchev–Trinajstić information content (AvgIpc) is 2.31. The smallest absolute Gasteiger partial charge is 0.178 e. The van der Waals surface area contributed by atoms with Gasteiger partial charge < -0.3 is 0 Å². The van der Waals surface area contributed by atoms with E-state index < -0.39 is 0 Å². The minimum Gasteiger partial charge on any atom is -0.290 e. The third-order valence-electron chi connectivity index (χ3n) is 3.02. The van der Waals surface area contributed by atoms with Crippen LogP contribution in [0.15, 0.2) is 48.5 Å². The molecule has 0 aliphatic heterocycles. The van der Waals surface area contributed by atoms with E-state index in [1.807, 2.05) is 24.3 Å². The predicted octanol–water partition coefficient (Wildman–Crippen LogP) is 3.96. The Hall–Kier alpha value is -1.76. The number of hydrogen-bond donors (Lipinski definition) is 0. The summed E-state index contributed by atoms with van der Waals surface area (Å²) in [7, 11) is 0. The number of benzene rings is 2. The van der Waals surface area contributed by atoms with E-state index in [0.717, 1.165) is 5.56 Å². The molecule has 0 saturated carbocycles. The second-order valence-corrected chi connectivity index (χ2v) is 4.44. The molecule has 0 bridgehead atoms. The van der Waals surface area contributed by atoms with Crippen LogP contribution in [0.25, 0.3) is 0 Å². The first-order valence-corrected chi connectivity index (χ1v) is 5.35. The summed E-state index contributed by atoms with van der Waals surface area (Å²) < 4.78 is 0. The standard InChI is InChI=1S/C15H14O/c1-15(2,12-6-4-3-5-7-12)13-8-10-14(16)11-9-13/h4-11H,1-2H3. The summed E-state index contributed by atoms with van der Waals surface area (Å²) in [6.45, 7) is 4.31. The van der Waals surface area contributed by atoms with Crippen molar-refractivity contribution in [3.63, 3.8) is 0 Å². The van der Waals surface area contributed by atoms with Crippen molar-refractivity contribution in [3.05, 3.63) is 65.7 Å². The lowest BCUT2D eigenvalue weighted by atomic mass is 9.78. The van der Waals surface area contributed by atoms with Crippen LogP contribution in [0.3, 0.4) is 0 Å². The zero-order valence-electron chi connectivity index (χ0n) is 9.53. The molecular weight excluding hydrogens is 196 g/mol. The molecule has 0 N–H and O–H groups in total. The molecule has 0 fully saturated rings. The minimum atomic E-state index is -0.0806. The van der Waals surface area contributed by atoms with Gasteiger partial charge in [0.2, 0.25) is 0 Å². The van der Waals surface area contributed by atoms with Gasteiger partial charge in [-0.1, -0.05) is 50.2 Å².